The van der Waals surface area contributed by atoms with E-state index in [9.17, 15) is 0 Å². The Morgan fingerprint density at radius 3 is 1.60 bits per heavy atom. The zero-order chi connectivity index (χ0) is 38.6. The Kier molecular flexibility index (Phi) is 8.04. The third-order valence-electron chi connectivity index (χ3n) is 11.5. The first kappa shape index (κ1) is 33.7. The van der Waals surface area contributed by atoms with Crippen LogP contribution in [0.15, 0.2) is 217 Å². The first-order valence-electron chi connectivity index (χ1n) is 19.8. The van der Waals surface area contributed by atoms with E-state index >= 15 is 0 Å². The maximum absolute atomic E-state index is 6.96. The number of hydrogen-bond donors (Lipinski definition) is 0. The summed E-state index contributed by atoms with van der Waals surface area (Å²) in [6.07, 6.45) is 0. The van der Waals surface area contributed by atoms with Crippen molar-refractivity contribution >= 4 is 60.8 Å². The van der Waals surface area contributed by atoms with E-state index in [0.717, 1.165) is 66.8 Å². The number of rotatable bonds is 7. The molecule has 0 spiro atoms. The van der Waals surface area contributed by atoms with Crippen molar-refractivity contribution in [3.05, 3.63) is 218 Å². The number of nitrogens with zero attached hydrogens (tertiary/aromatic N) is 2. The Hall–Kier alpha value is -7.62. The maximum atomic E-state index is 6.96. The van der Waals surface area contributed by atoms with Gasteiger partial charge in [-0.15, -0.1) is 0 Å². The molecule has 11 aromatic rings. The van der Waals surface area contributed by atoms with Gasteiger partial charge in [-0.05, 0) is 100 Å². The molecule has 3 heteroatoms. The molecule has 0 bridgehead atoms. The molecule has 2 aromatic heterocycles. The number of para-hydroxylation sites is 3. The first-order valence-corrected chi connectivity index (χ1v) is 19.8. The van der Waals surface area contributed by atoms with Gasteiger partial charge < -0.3 is 13.9 Å². The van der Waals surface area contributed by atoms with E-state index in [2.05, 4.69) is 229 Å². The van der Waals surface area contributed by atoms with Gasteiger partial charge in [0.25, 0.3) is 0 Å². The lowest BCUT2D eigenvalue weighted by atomic mass is 9.98. The van der Waals surface area contributed by atoms with Crippen LogP contribution in [0.1, 0.15) is 5.56 Å². The molecule has 0 unspecified atom stereocenters. The SMILES string of the molecule is Cc1ccccc1N(c1ccccc1)c1ccc(-c2cccc3oc4c(-n5c6cc(-c7ccccc7)ccc6c6ccc(-c7ccccc7)cc65)cccc4c23)cc1. The third-order valence-corrected chi connectivity index (χ3v) is 11.5. The van der Waals surface area contributed by atoms with Crippen molar-refractivity contribution in [1.29, 1.82) is 0 Å². The molecule has 0 aliphatic carbocycles. The standard InChI is InChI=1S/C55H38N2O/c1-37-15-11-12-24-49(37)56(43-20-9-4-10-21-43)44-31-27-40(28-32-44)45-22-14-26-53-54(45)48-23-13-25-50(55(48)58-53)57-51-35-41(38-16-5-2-6-17-38)29-33-46(51)47-34-30-42(36-52(47)57)39-18-7-3-8-19-39/h2-36H,1H3. The van der Waals surface area contributed by atoms with Crippen molar-refractivity contribution in [2.45, 2.75) is 6.92 Å². The molecule has 274 valence electrons. The molecule has 11 rings (SSSR count). The van der Waals surface area contributed by atoms with Gasteiger partial charge >= 0.3 is 0 Å². The van der Waals surface area contributed by atoms with E-state index in [-0.39, 0.29) is 0 Å². The molecule has 0 saturated carbocycles. The molecule has 0 amide bonds. The fourth-order valence-electron chi connectivity index (χ4n) is 8.76. The minimum absolute atomic E-state index is 0.866. The van der Waals surface area contributed by atoms with Gasteiger partial charge in [-0.2, -0.15) is 0 Å². The maximum Gasteiger partial charge on any atom is 0.159 e. The Morgan fingerprint density at radius 2 is 0.966 bits per heavy atom. The van der Waals surface area contributed by atoms with Gasteiger partial charge in [-0.3, -0.25) is 0 Å². The van der Waals surface area contributed by atoms with Crippen LogP contribution in [0.25, 0.3) is 82.8 Å². The number of fused-ring (bicyclic) bond motifs is 6. The fourth-order valence-corrected chi connectivity index (χ4v) is 8.76. The highest BCUT2D eigenvalue weighted by Crippen LogP contribution is 2.44. The van der Waals surface area contributed by atoms with E-state index in [1.165, 1.54) is 38.6 Å². The third kappa shape index (κ3) is 5.59. The summed E-state index contributed by atoms with van der Waals surface area (Å²) < 4.78 is 9.37. The first-order chi connectivity index (χ1) is 28.7. The average Bonchev–Trinajstić information content (AvgIpc) is 3.84. The van der Waals surface area contributed by atoms with Crippen molar-refractivity contribution in [3.8, 4) is 39.1 Å². The predicted molar refractivity (Wildman–Crippen MR) is 244 cm³/mol. The highest BCUT2D eigenvalue weighted by atomic mass is 16.3. The highest BCUT2D eigenvalue weighted by Gasteiger charge is 2.21. The number of aryl methyl sites for hydroxylation is 1. The summed E-state index contributed by atoms with van der Waals surface area (Å²) in [6, 6.07) is 76.0. The lowest BCUT2D eigenvalue weighted by Crippen LogP contribution is -2.11. The molecule has 0 radical (unpaired) electrons. The smallest absolute Gasteiger partial charge is 0.159 e. The number of benzene rings is 9. The highest BCUT2D eigenvalue weighted by molar-refractivity contribution is 6.16. The van der Waals surface area contributed by atoms with E-state index in [0.29, 0.717) is 0 Å². The molecule has 0 aliphatic rings. The predicted octanol–water partition coefficient (Wildman–Crippen LogP) is 15.5. The Labute approximate surface area is 337 Å². The lowest BCUT2D eigenvalue weighted by molar-refractivity contribution is 0.666. The molecule has 0 fully saturated rings. The Morgan fingerprint density at radius 1 is 0.414 bits per heavy atom. The van der Waals surface area contributed by atoms with Crippen molar-refractivity contribution in [2.24, 2.45) is 0 Å². The molecule has 0 atom stereocenters. The molecule has 0 aliphatic heterocycles. The Bertz CT molecular complexity index is 3170. The molecule has 3 nitrogen and oxygen atoms in total. The van der Waals surface area contributed by atoms with E-state index < -0.39 is 0 Å². The second kappa shape index (κ2) is 13.8. The summed E-state index contributed by atoms with van der Waals surface area (Å²) in [4.78, 5) is 2.33. The van der Waals surface area contributed by atoms with Crippen molar-refractivity contribution in [2.75, 3.05) is 4.90 Å². The summed E-state index contributed by atoms with van der Waals surface area (Å²) in [5, 5.41) is 4.62. The van der Waals surface area contributed by atoms with Crippen LogP contribution in [-0.2, 0) is 0 Å². The van der Waals surface area contributed by atoms with Gasteiger partial charge in [-0.1, -0.05) is 158 Å². The van der Waals surface area contributed by atoms with Gasteiger partial charge in [0.15, 0.2) is 5.58 Å². The minimum atomic E-state index is 0.866. The zero-order valence-corrected chi connectivity index (χ0v) is 32.0. The lowest BCUT2D eigenvalue weighted by Gasteiger charge is -2.27. The molecule has 0 saturated heterocycles. The van der Waals surface area contributed by atoms with Crippen molar-refractivity contribution in [1.82, 2.24) is 4.57 Å². The average molecular weight is 743 g/mol. The van der Waals surface area contributed by atoms with Gasteiger partial charge in [0.1, 0.15) is 5.58 Å². The van der Waals surface area contributed by atoms with E-state index in [1.54, 1.807) is 0 Å². The van der Waals surface area contributed by atoms with Gasteiger partial charge in [0.2, 0.25) is 0 Å². The molecular formula is C55H38N2O. The van der Waals surface area contributed by atoms with Crippen LogP contribution in [0, 0.1) is 6.92 Å². The molecule has 0 N–H and O–H groups in total. The van der Waals surface area contributed by atoms with Gasteiger partial charge in [0.05, 0.1) is 16.7 Å². The number of hydrogen-bond acceptors (Lipinski definition) is 2. The molecule has 9 aromatic carbocycles. The van der Waals surface area contributed by atoms with E-state index in [4.69, 9.17) is 4.42 Å². The summed E-state index contributed by atoms with van der Waals surface area (Å²) in [6.45, 7) is 2.17. The van der Waals surface area contributed by atoms with Crippen LogP contribution < -0.4 is 4.90 Å². The van der Waals surface area contributed by atoms with Crippen molar-refractivity contribution < 1.29 is 4.42 Å². The second-order valence-corrected chi connectivity index (χ2v) is 15.0. The summed E-state index contributed by atoms with van der Waals surface area (Å²) in [5.41, 5.74) is 16.6. The van der Waals surface area contributed by atoms with Crippen LogP contribution >= 0.6 is 0 Å². The number of aromatic nitrogens is 1. The largest absolute Gasteiger partial charge is 0.454 e. The van der Waals surface area contributed by atoms with Gasteiger partial charge in [-0.25, -0.2) is 0 Å². The van der Waals surface area contributed by atoms with Crippen LogP contribution in [0.4, 0.5) is 17.1 Å². The normalized spacial score (nSPS) is 11.5. The Balaban J connectivity index is 1.10. The number of furan rings is 1. The minimum Gasteiger partial charge on any atom is -0.454 e. The summed E-state index contributed by atoms with van der Waals surface area (Å²) >= 11 is 0. The quantitative estimate of drug-likeness (QED) is 0.162. The fraction of sp³-hybridized carbons (Fsp3) is 0.0182. The van der Waals surface area contributed by atoms with E-state index in [1.807, 2.05) is 0 Å². The monoisotopic (exact) mass is 742 g/mol. The van der Waals surface area contributed by atoms with Crippen LogP contribution in [0.3, 0.4) is 0 Å². The second-order valence-electron chi connectivity index (χ2n) is 15.0. The van der Waals surface area contributed by atoms with Crippen LogP contribution in [0.2, 0.25) is 0 Å². The summed E-state index contributed by atoms with van der Waals surface area (Å²) in [5.74, 6) is 0. The van der Waals surface area contributed by atoms with Crippen LogP contribution in [0.5, 0.6) is 0 Å². The molecular weight excluding hydrogens is 705 g/mol. The van der Waals surface area contributed by atoms with Gasteiger partial charge in [0, 0.05) is 38.6 Å². The molecule has 2 heterocycles. The topological polar surface area (TPSA) is 21.3 Å². The summed E-state index contributed by atoms with van der Waals surface area (Å²) in [7, 11) is 0. The molecule has 58 heavy (non-hydrogen) atoms. The van der Waals surface area contributed by atoms with Crippen molar-refractivity contribution in [3.63, 3.8) is 0 Å². The number of anilines is 3. The van der Waals surface area contributed by atoms with Crippen LogP contribution in [-0.4, -0.2) is 4.57 Å². The zero-order valence-electron chi connectivity index (χ0n) is 32.0.